The first-order chi connectivity index (χ1) is 7.16. The molecular formula is C12H17ClFNO. The normalized spacial score (nSPS) is 29.6. The Bertz CT molecular complexity index is 348. The van der Waals surface area contributed by atoms with E-state index in [1.54, 1.807) is 12.1 Å². The van der Waals surface area contributed by atoms with Gasteiger partial charge in [0.2, 0.25) is 0 Å². The molecule has 0 spiro atoms. The maximum atomic E-state index is 13.0. The third-order valence-corrected chi connectivity index (χ3v) is 2.70. The maximum absolute atomic E-state index is 13.0. The molecule has 90 valence electrons. The van der Waals surface area contributed by atoms with Crippen LogP contribution in [-0.2, 0) is 4.74 Å². The molecule has 0 radical (unpaired) electrons. The number of ether oxygens (including phenoxy) is 1. The molecule has 1 saturated heterocycles. The van der Waals surface area contributed by atoms with Gasteiger partial charge in [-0.25, -0.2) is 4.39 Å². The Kier molecular flexibility index (Phi) is 4.71. The van der Waals surface area contributed by atoms with Gasteiger partial charge < -0.3 is 10.1 Å². The van der Waals surface area contributed by atoms with Crippen molar-refractivity contribution in [3.63, 3.8) is 0 Å². The third kappa shape index (κ3) is 2.94. The minimum absolute atomic E-state index is 0. The van der Waals surface area contributed by atoms with E-state index < -0.39 is 0 Å². The average molecular weight is 246 g/mol. The molecule has 0 amide bonds. The molecule has 16 heavy (non-hydrogen) atoms. The lowest BCUT2D eigenvalue weighted by Gasteiger charge is -2.34. The summed E-state index contributed by atoms with van der Waals surface area (Å²) < 4.78 is 18.8. The summed E-state index contributed by atoms with van der Waals surface area (Å²) in [6, 6.07) is 7.20. The number of hydrogen-bond donors (Lipinski definition) is 1. The second-order valence-corrected chi connectivity index (χ2v) is 4.17. The molecule has 1 aliphatic rings. The van der Waals surface area contributed by atoms with Gasteiger partial charge in [-0.05, 0) is 31.5 Å². The van der Waals surface area contributed by atoms with Crippen LogP contribution < -0.4 is 5.32 Å². The van der Waals surface area contributed by atoms with E-state index in [9.17, 15) is 4.39 Å². The van der Waals surface area contributed by atoms with Gasteiger partial charge >= 0.3 is 0 Å². The lowest BCUT2D eigenvalue weighted by atomic mass is 10.0. The summed E-state index contributed by atoms with van der Waals surface area (Å²) in [7, 11) is 0. The topological polar surface area (TPSA) is 21.3 Å². The number of morpholine rings is 1. The van der Waals surface area contributed by atoms with Gasteiger partial charge in [0.15, 0.2) is 0 Å². The molecule has 4 heteroatoms. The van der Waals surface area contributed by atoms with Crippen molar-refractivity contribution in [1.29, 1.82) is 0 Å². The minimum Gasteiger partial charge on any atom is -0.370 e. The number of hydrogen-bond acceptors (Lipinski definition) is 2. The van der Waals surface area contributed by atoms with Crippen molar-refractivity contribution in [2.75, 3.05) is 6.61 Å². The van der Waals surface area contributed by atoms with E-state index in [1.165, 1.54) is 6.07 Å². The Morgan fingerprint density at radius 1 is 1.38 bits per heavy atom. The van der Waals surface area contributed by atoms with Crippen LogP contribution in [0.4, 0.5) is 4.39 Å². The van der Waals surface area contributed by atoms with E-state index in [0.29, 0.717) is 12.6 Å². The molecule has 1 aromatic rings. The van der Waals surface area contributed by atoms with Gasteiger partial charge in [0.1, 0.15) is 5.82 Å². The van der Waals surface area contributed by atoms with Crippen molar-refractivity contribution in [3.05, 3.63) is 35.6 Å². The van der Waals surface area contributed by atoms with Crippen LogP contribution in [0.2, 0.25) is 0 Å². The van der Waals surface area contributed by atoms with Gasteiger partial charge in [0.05, 0.1) is 12.7 Å². The molecule has 0 aliphatic carbocycles. The highest BCUT2D eigenvalue weighted by Crippen LogP contribution is 2.25. The SMILES string of the molecule is C[C@H]1CO[C@H](c2cccc(F)c2)[C@@H](C)N1.Cl. The van der Waals surface area contributed by atoms with Crippen molar-refractivity contribution in [3.8, 4) is 0 Å². The van der Waals surface area contributed by atoms with Gasteiger partial charge in [-0.2, -0.15) is 0 Å². The van der Waals surface area contributed by atoms with E-state index in [0.717, 1.165) is 5.56 Å². The summed E-state index contributed by atoms with van der Waals surface area (Å²) in [5.74, 6) is -0.207. The van der Waals surface area contributed by atoms with Gasteiger partial charge in [-0.15, -0.1) is 12.4 Å². The standard InChI is InChI=1S/C12H16FNO.ClH/c1-8-7-15-12(9(2)14-8)10-4-3-5-11(13)6-10;/h3-6,8-9,12,14H,7H2,1-2H3;1H/t8-,9+,12-;/m0./s1. The first-order valence-electron chi connectivity index (χ1n) is 5.30. The lowest BCUT2D eigenvalue weighted by Crippen LogP contribution is -2.47. The third-order valence-electron chi connectivity index (χ3n) is 2.70. The van der Waals surface area contributed by atoms with Crippen molar-refractivity contribution in [2.45, 2.75) is 32.0 Å². The zero-order valence-electron chi connectivity index (χ0n) is 9.44. The largest absolute Gasteiger partial charge is 0.370 e. The number of halogens is 2. The first kappa shape index (κ1) is 13.4. The van der Waals surface area contributed by atoms with Crippen LogP contribution in [0.5, 0.6) is 0 Å². The molecule has 1 fully saturated rings. The minimum atomic E-state index is -0.207. The monoisotopic (exact) mass is 245 g/mol. The molecule has 3 atom stereocenters. The van der Waals surface area contributed by atoms with Crippen LogP contribution in [0.3, 0.4) is 0 Å². The molecule has 1 aliphatic heterocycles. The first-order valence-corrected chi connectivity index (χ1v) is 5.30. The van der Waals surface area contributed by atoms with Crippen LogP contribution >= 0.6 is 12.4 Å². The van der Waals surface area contributed by atoms with E-state index in [-0.39, 0.29) is 30.4 Å². The molecule has 1 aromatic carbocycles. The van der Waals surface area contributed by atoms with Gasteiger partial charge in [0, 0.05) is 12.1 Å². The Morgan fingerprint density at radius 3 is 2.75 bits per heavy atom. The van der Waals surface area contributed by atoms with Crippen LogP contribution in [0.1, 0.15) is 25.5 Å². The fourth-order valence-corrected chi connectivity index (χ4v) is 2.05. The van der Waals surface area contributed by atoms with Crippen LogP contribution in [0.15, 0.2) is 24.3 Å². The van der Waals surface area contributed by atoms with E-state index in [4.69, 9.17) is 4.74 Å². The molecule has 0 saturated carbocycles. The molecule has 0 unspecified atom stereocenters. The molecule has 2 rings (SSSR count). The molecule has 0 aromatic heterocycles. The zero-order valence-corrected chi connectivity index (χ0v) is 10.3. The fraction of sp³-hybridized carbons (Fsp3) is 0.500. The summed E-state index contributed by atoms with van der Waals surface area (Å²) in [4.78, 5) is 0. The second-order valence-electron chi connectivity index (χ2n) is 4.17. The molecule has 2 nitrogen and oxygen atoms in total. The molecule has 1 N–H and O–H groups in total. The van der Waals surface area contributed by atoms with Crippen LogP contribution in [-0.4, -0.2) is 18.7 Å². The van der Waals surface area contributed by atoms with Crippen LogP contribution in [0, 0.1) is 5.82 Å². The average Bonchev–Trinajstić information content (AvgIpc) is 2.17. The summed E-state index contributed by atoms with van der Waals surface area (Å²) in [6.45, 7) is 4.81. The van der Waals surface area contributed by atoms with E-state index in [1.807, 2.05) is 6.07 Å². The van der Waals surface area contributed by atoms with Crippen molar-refractivity contribution >= 4 is 12.4 Å². The lowest BCUT2D eigenvalue weighted by molar-refractivity contribution is -0.0208. The Morgan fingerprint density at radius 2 is 2.12 bits per heavy atom. The second kappa shape index (κ2) is 5.62. The summed E-state index contributed by atoms with van der Waals surface area (Å²) in [5.41, 5.74) is 0.905. The van der Waals surface area contributed by atoms with Gasteiger partial charge in [-0.3, -0.25) is 0 Å². The smallest absolute Gasteiger partial charge is 0.123 e. The molecule has 0 bridgehead atoms. The number of rotatable bonds is 1. The Hall–Kier alpha value is -0.640. The summed E-state index contributed by atoms with van der Waals surface area (Å²) >= 11 is 0. The highest BCUT2D eigenvalue weighted by Gasteiger charge is 2.26. The van der Waals surface area contributed by atoms with Gasteiger partial charge in [-0.1, -0.05) is 12.1 Å². The maximum Gasteiger partial charge on any atom is 0.123 e. The molecular weight excluding hydrogens is 229 g/mol. The number of benzene rings is 1. The van der Waals surface area contributed by atoms with E-state index >= 15 is 0 Å². The Balaban J connectivity index is 0.00000128. The molecule has 1 heterocycles. The van der Waals surface area contributed by atoms with Gasteiger partial charge in [0.25, 0.3) is 0 Å². The fourth-order valence-electron chi connectivity index (χ4n) is 2.05. The predicted molar refractivity (Wildman–Crippen MR) is 64.4 cm³/mol. The highest BCUT2D eigenvalue weighted by molar-refractivity contribution is 5.85. The number of nitrogens with one attached hydrogen (secondary N) is 1. The highest BCUT2D eigenvalue weighted by atomic mass is 35.5. The van der Waals surface area contributed by atoms with Crippen molar-refractivity contribution in [1.82, 2.24) is 5.32 Å². The zero-order chi connectivity index (χ0) is 10.8. The van der Waals surface area contributed by atoms with Crippen molar-refractivity contribution in [2.24, 2.45) is 0 Å². The summed E-state index contributed by atoms with van der Waals surface area (Å²) in [5, 5.41) is 3.40. The van der Waals surface area contributed by atoms with Crippen molar-refractivity contribution < 1.29 is 9.13 Å². The Labute approximate surface area is 102 Å². The predicted octanol–water partition coefficient (Wildman–Crippen LogP) is 2.69. The van der Waals surface area contributed by atoms with Crippen LogP contribution in [0.25, 0.3) is 0 Å². The van der Waals surface area contributed by atoms with E-state index in [2.05, 4.69) is 19.2 Å². The summed E-state index contributed by atoms with van der Waals surface area (Å²) in [6.07, 6.45) is -0.0445. The quantitative estimate of drug-likeness (QED) is 0.822.